The molecule has 0 unspecified atom stereocenters. The van der Waals surface area contributed by atoms with Crippen LogP contribution in [0.1, 0.15) is 25.8 Å². The van der Waals surface area contributed by atoms with E-state index in [1.165, 1.54) is 0 Å². The summed E-state index contributed by atoms with van der Waals surface area (Å²) in [5.41, 5.74) is 1.49. The van der Waals surface area contributed by atoms with E-state index in [-0.39, 0.29) is 12.6 Å². The number of carbonyl (C=O) groups is 1. The third-order valence-corrected chi connectivity index (χ3v) is 2.89. The molecule has 0 aromatic heterocycles. The molecule has 0 aliphatic carbocycles. The number of hydrogen-bond acceptors (Lipinski definition) is 2. The first kappa shape index (κ1) is 15.5. The van der Waals surface area contributed by atoms with Crippen LogP contribution in [-0.4, -0.2) is 35.7 Å². The van der Waals surface area contributed by atoms with E-state index < -0.39 is 0 Å². The Kier molecular flexibility index (Phi) is 6.36. The zero-order valence-electron chi connectivity index (χ0n) is 11.7. The predicted octanol–water partition coefficient (Wildman–Crippen LogP) is 2.74. The van der Waals surface area contributed by atoms with Gasteiger partial charge >= 0.3 is 6.03 Å². The van der Waals surface area contributed by atoms with Crippen molar-refractivity contribution in [3.63, 3.8) is 0 Å². The van der Waals surface area contributed by atoms with Crippen molar-refractivity contribution in [1.29, 1.82) is 0 Å². The molecular formula is C15H23N2O2. The molecule has 0 heterocycles. The van der Waals surface area contributed by atoms with E-state index in [1.807, 2.05) is 24.3 Å². The van der Waals surface area contributed by atoms with Gasteiger partial charge in [-0.3, -0.25) is 0 Å². The van der Waals surface area contributed by atoms with E-state index in [0.29, 0.717) is 24.7 Å². The second kappa shape index (κ2) is 7.79. The van der Waals surface area contributed by atoms with Gasteiger partial charge in [0.2, 0.25) is 0 Å². The molecule has 1 radical (unpaired) electrons. The van der Waals surface area contributed by atoms with Crippen molar-refractivity contribution in [3.05, 3.63) is 36.8 Å². The van der Waals surface area contributed by atoms with Gasteiger partial charge in [-0.25, -0.2) is 4.79 Å². The lowest BCUT2D eigenvalue weighted by Gasteiger charge is -2.23. The number of rotatable bonds is 6. The smallest absolute Gasteiger partial charge is 0.321 e. The van der Waals surface area contributed by atoms with Crippen LogP contribution in [0, 0.1) is 12.8 Å². The van der Waals surface area contributed by atoms with Gasteiger partial charge in [0.15, 0.2) is 0 Å². The molecule has 0 spiro atoms. The summed E-state index contributed by atoms with van der Waals surface area (Å²) in [6.45, 7) is 9.05. The quantitative estimate of drug-likeness (QED) is 0.829. The largest absolute Gasteiger partial charge is 0.395 e. The zero-order valence-corrected chi connectivity index (χ0v) is 11.7. The minimum atomic E-state index is -0.189. The van der Waals surface area contributed by atoms with Gasteiger partial charge in [-0.15, -0.1) is 0 Å². The zero-order chi connectivity index (χ0) is 14.3. The molecule has 0 fully saturated rings. The van der Waals surface area contributed by atoms with E-state index in [1.54, 1.807) is 4.90 Å². The molecule has 105 valence electrons. The number of aliphatic hydroxyl groups is 1. The molecule has 1 rings (SSSR count). The molecule has 0 saturated carbocycles. The molecule has 0 aliphatic heterocycles. The number of hydrogen-bond donors (Lipinski definition) is 2. The minimum absolute atomic E-state index is 0.0302. The summed E-state index contributed by atoms with van der Waals surface area (Å²) in [6.07, 6.45) is 0.916. The normalized spacial score (nSPS) is 10.6. The molecule has 0 atom stereocenters. The molecule has 0 bridgehead atoms. The van der Waals surface area contributed by atoms with Crippen molar-refractivity contribution in [2.24, 2.45) is 5.92 Å². The molecule has 4 nitrogen and oxygen atoms in total. The molecule has 1 aromatic carbocycles. The van der Waals surface area contributed by atoms with Crippen molar-refractivity contribution in [1.82, 2.24) is 4.90 Å². The lowest BCUT2D eigenvalue weighted by atomic mass is 10.1. The Bertz CT molecular complexity index is 405. The van der Waals surface area contributed by atoms with E-state index in [9.17, 15) is 4.79 Å². The van der Waals surface area contributed by atoms with Crippen molar-refractivity contribution in [2.75, 3.05) is 25.0 Å². The minimum Gasteiger partial charge on any atom is -0.395 e. The fourth-order valence-electron chi connectivity index (χ4n) is 1.69. The maximum Gasteiger partial charge on any atom is 0.321 e. The summed E-state index contributed by atoms with van der Waals surface area (Å²) < 4.78 is 0. The summed E-state index contributed by atoms with van der Waals surface area (Å²) in [6, 6.07) is 7.21. The monoisotopic (exact) mass is 263 g/mol. The predicted molar refractivity (Wildman–Crippen MR) is 78.0 cm³/mol. The van der Waals surface area contributed by atoms with Crippen LogP contribution in [0.4, 0.5) is 10.5 Å². The number of para-hydroxylation sites is 1. The molecule has 4 heteroatoms. The lowest BCUT2D eigenvalue weighted by Crippen LogP contribution is -2.38. The van der Waals surface area contributed by atoms with Crippen LogP contribution in [0.5, 0.6) is 0 Å². The average Bonchev–Trinajstić information content (AvgIpc) is 2.37. The molecule has 19 heavy (non-hydrogen) atoms. The molecule has 1 aromatic rings. The molecule has 2 amide bonds. The van der Waals surface area contributed by atoms with Gasteiger partial charge < -0.3 is 15.3 Å². The van der Waals surface area contributed by atoms with E-state index in [2.05, 4.69) is 26.1 Å². The summed E-state index contributed by atoms with van der Waals surface area (Å²) in [4.78, 5) is 13.8. The first-order chi connectivity index (χ1) is 9.04. The van der Waals surface area contributed by atoms with Crippen molar-refractivity contribution < 1.29 is 9.90 Å². The number of nitrogens with zero attached hydrogens (tertiary/aromatic N) is 1. The van der Waals surface area contributed by atoms with Gasteiger partial charge in [0.1, 0.15) is 0 Å². The van der Waals surface area contributed by atoms with Crippen LogP contribution in [0.25, 0.3) is 0 Å². The number of urea groups is 1. The SMILES string of the molecule is [CH2]c1ccccc1NC(=O)N(CCO)CCC(C)C. The van der Waals surface area contributed by atoms with Crippen LogP contribution in [0.3, 0.4) is 0 Å². The topological polar surface area (TPSA) is 52.6 Å². The van der Waals surface area contributed by atoms with E-state index in [4.69, 9.17) is 5.11 Å². The van der Waals surface area contributed by atoms with Crippen molar-refractivity contribution in [2.45, 2.75) is 20.3 Å². The van der Waals surface area contributed by atoms with Crippen molar-refractivity contribution in [3.8, 4) is 0 Å². The number of anilines is 1. The van der Waals surface area contributed by atoms with Gasteiger partial charge in [-0.1, -0.05) is 32.0 Å². The van der Waals surface area contributed by atoms with Crippen LogP contribution in [0.15, 0.2) is 24.3 Å². The second-order valence-corrected chi connectivity index (χ2v) is 4.98. The summed E-state index contributed by atoms with van der Waals surface area (Å²) in [5.74, 6) is 0.522. The highest BCUT2D eigenvalue weighted by atomic mass is 16.3. The van der Waals surface area contributed by atoms with Crippen LogP contribution >= 0.6 is 0 Å². The summed E-state index contributed by atoms with van der Waals surface area (Å²) in [7, 11) is 0. The van der Waals surface area contributed by atoms with Gasteiger partial charge in [0.05, 0.1) is 6.61 Å². The highest BCUT2D eigenvalue weighted by Gasteiger charge is 2.14. The number of aliphatic hydroxyl groups excluding tert-OH is 1. The van der Waals surface area contributed by atoms with Gasteiger partial charge in [-0.05, 0) is 30.9 Å². The number of amides is 2. The second-order valence-electron chi connectivity index (χ2n) is 4.98. The molecule has 2 N–H and O–H groups in total. The molecule has 0 saturated heterocycles. The van der Waals surface area contributed by atoms with Gasteiger partial charge in [-0.2, -0.15) is 0 Å². The van der Waals surface area contributed by atoms with E-state index in [0.717, 1.165) is 12.0 Å². The Morgan fingerprint density at radius 1 is 1.37 bits per heavy atom. The summed E-state index contributed by atoms with van der Waals surface area (Å²) >= 11 is 0. The maximum absolute atomic E-state index is 12.1. The Balaban J connectivity index is 2.64. The van der Waals surface area contributed by atoms with Gasteiger partial charge in [0.25, 0.3) is 0 Å². The third-order valence-electron chi connectivity index (χ3n) is 2.89. The Hall–Kier alpha value is -1.55. The molecule has 0 aliphatic rings. The van der Waals surface area contributed by atoms with Crippen LogP contribution < -0.4 is 5.32 Å². The Morgan fingerprint density at radius 2 is 2.05 bits per heavy atom. The Morgan fingerprint density at radius 3 is 2.63 bits per heavy atom. The van der Waals surface area contributed by atoms with Crippen LogP contribution in [-0.2, 0) is 0 Å². The fourth-order valence-corrected chi connectivity index (χ4v) is 1.69. The standard InChI is InChI=1S/C15H23N2O2/c1-12(2)8-9-17(10-11-18)15(19)16-14-7-5-4-6-13(14)3/h4-7,12,18H,3,8-11H2,1-2H3,(H,16,19). The first-order valence-corrected chi connectivity index (χ1v) is 6.62. The highest BCUT2D eigenvalue weighted by molar-refractivity contribution is 5.90. The number of carbonyl (C=O) groups excluding carboxylic acids is 1. The Labute approximate surface area is 115 Å². The average molecular weight is 263 g/mol. The first-order valence-electron chi connectivity index (χ1n) is 6.62. The lowest BCUT2D eigenvalue weighted by molar-refractivity contribution is 0.185. The van der Waals surface area contributed by atoms with Gasteiger partial charge in [0, 0.05) is 18.8 Å². The maximum atomic E-state index is 12.1. The number of benzene rings is 1. The summed E-state index contributed by atoms with van der Waals surface area (Å²) in [5, 5.41) is 11.9. The highest BCUT2D eigenvalue weighted by Crippen LogP contribution is 2.14. The number of nitrogens with one attached hydrogen (secondary N) is 1. The molecular weight excluding hydrogens is 240 g/mol. The fraction of sp³-hybridized carbons (Fsp3) is 0.467. The van der Waals surface area contributed by atoms with E-state index >= 15 is 0 Å². The van der Waals surface area contributed by atoms with Crippen LogP contribution in [0.2, 0.25) is 0 Å². The van der Waals surface area contributed by atoms with Crippen molar-refractivity contribution >= 4 is 11.7 Å². The third kappa shape index (κ3) is 5.30.